The van der Waals surface area contributed by atoms with E-state index in [1.54, 1.807) is 0 Å². The minimum absolute atomic E-state index is 0.0889. The molecule has 7 heteroatoms. The van der Waals surface area contributed by atoms with Crippen LogP contribution in [0, 0.1) is 11.3 Å². The van der Waals surface area contributed by atoms with E-state index < -0.39 is 18.2 Å². The number of carboxylic acids is 1. The second-order valence-electron chi connectivity index (χ2n) is 3.02. The number of pyridine rings is 1. The van der Waals surface area contributed by atoms with Crippen LogP contribution in [0.2, 0.25) is 0 Å². The second-order valence-corrected chi connectivity index (χ2v) is 3.02. The van der Waals surface area contributed by atoms with Gasteiger partial charge in [0.25, 0.3) is 0 Å². The highest BCUT2D eigenvalue weighted by molar-refractivity contribution is 5.87. The molecule has 0 aliphatic carbocycles. The first kappa shape index (κ1) is 11.9. The van der Waals surface area contributed by atoms with Crippen molar-refractivity contribution in [3.63, 3.8) is 0 Å². The number of nitriles is 1. The summed E-state index contributed by atoms with van der Waals surface area (Å²) in [7, 11) is 0. The summed E-state index contributed by atoms with van der Waals surface area (Å²) in [6.45, 7) is 0. The summed E-state index contributed by atoms with van der Waals surface area (Å²) < 4.78 is 0. The van der Waals surface area contributed by atoms with Gasteiger partial charge in [0.15, 0.2) is 6.10 Å². The molecule has 0 amide bonds. The second kappa shape index (κ2) is 4.57. The van der Waals surface area contributed by atoms with Crippen molar-refractivity contribution in [2.75, 3.05) is 5.73 Å². The number of nitrogens with two attached hydrogens (primary N) is 1. The molecule has 0 bridgehead atoms. The van der Waals surface area contributed by atoms with E-state index in [1.165, 1.54) is 6.07 Å². The molecule has 1 rings (SSSR count). The van der Waals surface area contributed by atoms with Gasteiger partial charge in [-0.15, -0.1) is 0 Å². The van der Waals surface area contributed by atoms with Crippen LogP contribution >= 0.6 is 0 Å². The molecule has 0 aliphatic rings. The Hall–Kier alpha value is -2.17. The van der Waals surface area contributed by atoms with E-state index in [2.05, 4.69) is 4.98 Å². The largest absolute Gasteiger partial charge is 0.478 e. The van der Waals surface area contributed by atoms with Crippen molar-refractivity contribution in [2.45, 2.75) is 12.2 Å². The Balaban J connectivity index is 3.17. The van der Waals surface area contributed by atoms with Crippen molar-refractivity contribution in [2.24, 2.45) is 0 Å². The zero-order chi connectivity index (χ0) is 12.3. The van der Waals surface area contributed by atoms with Crippen molar-refractivity contribution >= 4 is 11.8 Å². The van der Waals surface area contributed by atoms with Crippen LogP contribution in [0.15, 0.2) is 12.3 Å². The molecule has 0 aromatic carbocycles. The molecule has 1 heterocycles. The molecular weight excluding hydrogens is 214 g/mol. The highest BCUT2D eigenvalue weighted by Crippen LogP contribution is 2.22. The normalized spacial score (nSPS) is 13.8. The van der Waals surface area contributed by atoms with Gasteiger partial charge in [0.05, 0.1) is 11.6 Å². The maximum atomic E-state index is 10.6. The summed E-state index contributed by atoms with van der Waals surface area (Å²) in [5.41, 5.74) is 5.12. The van der Waals surface area contributed by atoms with E-state index in [-0.39, 0.29) is 16.9 Å². The average molecular weight is 223 g/mol. The van der Waals surface area contributed by atoms with Crippen LogP contribution in [0.1, 0.15) is 22.0 Å². The molecule has 7 nitrogen and oxygen atoms in total. The number of anilines is 1. The molecule has 5 N–H and O–H groups in total. The predicted molar refractivity (Wildman–Crippen MR) is 52.2 cm³/mol. The van der Waals surface area contributed by atoms with Crippen molar-refractivity contribution in [1.29, 1.82) is 5.26 Å². The molecule has 1 aromatic rings. The van der Waals surface area contributed by atoms with Crippen LogP contribution in [0.3, 0.4) is 0 Å². The lowest BCUT2D eigenvalue weighted by molar-refractivity contribution is 0.0528. The Morgan fingerprint density at radius 3 is 2.69 bits per heavy atom. The lowest BCUT2D eigenvalue weighted by Crippen LogP contribution is -2.18. The first-order chi connectivity index (χ1) is 7.47. The number of nitrogen functional groups attached to an aromatic ring is 1. The maximum absolute atomic E-state index is 10.6. The van der Waals surface area contributed by atoms with Gasteiger partial charge in [-0.3, -0.25) is 0 Å². The molecule has 0 saturated heterocycles. The Morgan fingerprint density at radius 1 is 1.56 bits per heavy atom. The number of aliphatic hydroxyl groups is 2. The third-order valence-electron chi connectivity index (χ3n) is 1.95. The lowest BCUT2D eigenvalue weighted by Gasteiger charge is -2.13. The van der Waals surface area contributed by atoms with Gasteiger partial charge in [-0.2, -0.15) is 5.26 Å². The highest BCUT2D eigenvalue weighted by atomic mass is 16.4. The van der Waals surface area contributed by atoms with E-state index in [1.807, 2.05) is 0 Å². The van der Waals surface area contributed by atoms with Crippen LogP contribution in [-0.4, -0.2) is 32.4 Å². The topological polar surface area (TPSA) is 140 Å². The molecule has 0 saturated carbocycles. The molecule has 0 radical (unpaired) electrons. The van der Waals surface area contributed by atoms with Gasteiger partial charge in [0.2, 0.25) is 0 Å². The maximum Gasteiger partial charge on any atom is 0.337 e. The van der Waals surface area contributed by atoms with E-state index >= 15 is 0 Å². The number of aliphatic hydroxyl groups excluding tert-OH is 2. The molecule has 2 atom stereocenters. The summed E-state index contributed by atoms with van der Waals surface area (Å²) >= 11 is 0. The van der Waals surface area contributed by atoms with Gasteiger partial charge in [-0.1, -0.05) is 0 Å². The zero-order valence-electron chi connectivity index (χ0n) is 8.03. The minimum atomic E-state index is -1.69. The number of hydrogen-bond donors (Lipinski definition) is 4. The van der Waals surface area contributed by atoms with Gasteiger partial charge >= 0.3 is 5.97 Å². The SMILES string of the molecule is N#CC(O)C(O)c1cc(C(=O)O)cnc1N. The van der Waals surface area contributed by atoms with Crippen LogP contribution in [0.5, 0.6) is 0 Å². The van der Waals surface area contributed by atoms with Crippen molar-refractivity contribution < 1.29 is 20.1 Å². The fourth-order valence-electron chi connectivity index (χ4n) is 1.09. The van der Waals surface area contributed by atoms with E-state index in [4.69, 9.17) is 21.2 Å². The van der Waals surface area contributed by atoms with Crippen LogP contribution in [0.25, 0.3) is 0 Å². The van der Waals surface area contributed by atoms with E-state index in [0.29, 0.717) is 0 Å². The minimum Gasteiger partial charge on any atom is -0.478 e. The number of carbonyl (C=O) groups is 1. The quantitative estimate of drug-likeness (QED) is 0.495. The molecule has 0 fully saturated rings. The summed E-state index contributed by atoms with van der Waals surface area (Å²) in [4.78, 5) is 14.2. The van der Waals surface area contributed by atoms with E-state index in [0.717, 1.165) is 12.3 Å². The Kier molecular flexibility index (Phi) is 3.40. The van der Waals surface area contributed by atoms with Gasteiger partial charge in [-0.05, 0) is 6.07 Å². The number of nitrogens with zero attached hydrogens (tertiary/aromatic N) is 2. The van der Waals surface area contributed by atoms with Gasteiger partial charge in [-0.25, -0.2) is 9.78 Å². The third-order valence-corrected chi connectivity index (χ3v) is 1.95. The predicted octanol–water partition coefficient (Wildman–Crippen LogP) is -0.720. The number of carboxylic acid groups (broad SMARTS) is 1. The van der Waals surface area contributed by atoms with Gasteiger partial charge in [0, 0.05) is 11.8 Å². The smallest absolute Gasteiger partial charge is 0.337 e. The van der Waals surface area contributed by atoms with Gasteiger partial charge in [0.1, 0.15) is 11.9 Å². The summed E-state index contributed by atoms with van der Waals surface area (Å²) in [5, 5.41) is 35.7. The van der Waals surface area contributed by atoms with Crippen molar-refractivity contribution in [3.8, 4) is 6.07 Å². The highest BCUT2D eigenvalue weighted by Gasteiger charge is 2.22. The van der Waals surface area contributed by atoms with Gasteiger partial charge < -0.3 is 21.1 Å². The first-order valence-corrected chi connectivity index (χ1v) is 4.21. The molecule has 16 heavy (non-hydrogen) atoms. The standard InChI is InChI=1S/C9H9N3O4/c10-2-6(13)7(14)5-1-4(9(15)16)3-12-8(5)11/h1,3,6-7,13-14H,(H2,11,12)(H,15,16). The number of rotatable bonds is 3. The Bertz CT molecular complexity index is 455. The van der Waals surface area contributed by atoms with Crippen LogP contribution in [-0.2, 0) is 0 Å². The molecular formula is C9H9N3O4. The molecule has 2 unspecified atom stereocenters. The molecule has 0 aliphatic heterocycles. The fraction of sp³-hybridized carbons (Fsp3) is 0.222. The molecule has 1 aromatic heterocycles. The molecule has 0 spiro atoms. The number of aromatic nitrogens is 1. The summed E-state index contributed by atoms with van der Waals surface area (Å²) in [5.74, 6) is -1.38. The average Bonchev–Trinajstić information content (AvgIpc) is 2.27. The fourth-order valence-corrected chi connectivity index (χ4v) is 1.09. The Morgan fingerprint density at radius 2 is 2.19 bits per heavy atom. The van der Waals surface area contributed by atoms with Crippen molar-refractivity contribution in [3.05, 3.63) is 23.4 Å². The number of hydrogen-bond acceptors (Lipinski definition) is 6. The van der Waals surface area contributed by atoms with E-state index in [9.17, 15) is 9.90 Å². The van der Waals surface area contributed by atoms with Crippen LogP contribution in [0.4, 0.5) is 5.82 Å². The van der Waals surface area contributed by atoms with Crippen molar-refractivity contribution in [1.82, 2.24) is 4.98 Å². The third kappa shape index (κ3) is 2.25. The van der Waals surface area contributed by atoms with Crippen LogP contribution < -0.4 is 5.73 Å². The zero-order valence-corrected chi connectivity index (χ0v) is 8.03. The summed E-state index contributed by atoms with van der Waals surface area (Å²) in [6.07, 6.45) is -2.25. The lowest BCUT2D eigenvalue weighted by atomic mass is 10.0. The molecule has 84 valence electrons. The monoisotopic (exact) mass is 223 g/mol. The summed E-state index contributed by atoms with van der Waals surface area (Å²) in [6, 6.07) is 2.48. The first-order valence-electron chi connectivity index (χ1n) is 4.21. The number of aromatic carboxylic acids is 1. The Labute approximate surface area is 90.4 Å².